The zero-order valence-electron chi connectivity index (χ0n) is 18.4. The Kier molecular flexibility index (Phi) is 6.56. The Morgan fingerprint density at radius 1 is 1.16 bits per heavy atom. The number of hydrogen-bond donors (Lipinski definition) is 2. The maximum Gasteiger partial charge on any atom is 0.235 e. The molecule has 0 aliphatic heterocycles. The Labute approximate surface area is 187 Å². The van der Waals surface area contributed by atoms with Gasteiger partial charge >= 0.3 is 0 Å². The second kappa shape index (κ2) is 9.35. The topological polar surface area (TPSA) is 115 Å². The lowest BCUT2D eigenvalue weighted by molar-refractivity contribution is -0.113. The summed E-state index contributed by atoms with van der Waals surface area (Å²) in [7, 11) is 0. The molecule has 166 valence electrons. The van der Waals surface area contributed by atoms with E-state index in [1.807, 2.05) is 13.8 Å². The predicted octanol–water partition coefficient (Wildman–Crippen LogP) is 4.18. The zero-order valence-corrected chi connectivity index (χ0v) is 19.2. The highest BCUT2D eigenvalue weighted by Gasteiger charge is 2.27. The zero-order chi connectivity index (χ0) is 22.0. The van der Waals surface area contributed by atoms with E-state index in [0.717, 1.165) is 42.8 Å². The molecule has 0 atom stereocenters. The first-order chi connectivity index (χ1) is 15.0. The van der Waals surface area contributed by atoms with Crippen LogP contribution in [0.5, 0.6) is 0 Å². The van der Waals surface area contributed by atoms with Gasteiger partial charge in [-0.3, -0.25) is 4.79 Å². The lowest BCUT2D eigenvalue weighted by Gasteiger charge is -2.20. The van der Waals surface area contributed by atoms with Crippen molar-refractivity contribution in [2.24, 2.45) is 0 Å². The molecule has 4 rings (SSSR count). The molecule has 2 heterocycles. The number of anilines is 1. The SMILES string of the molecule is Cc1c(C#N)c(NC(=O)CSc2nnc(C3CCCCC3)n2N)n(C2CCCC2)c1C. The lowest BCUT2D eigenvalue weighted by atomic mass is 9.89. The van der Waals surface area contributed by atoms with Gasteiger partial charge in [0, 0.05) is 17.7 Å². The van der Waals surface area contributed by atoms with Crippen molar-refractivity contribution in [2.45, 2.75) is 88.8 Å². The van der Waals surface area contributed by atoms with E-state index >= 15 is 0 Å². The van der Waals surface area contributed by atoms with E-state index in [4.69, 9.17) is 5.84 Å². The molecule has 2 aliphatic rings. The fourth-order valence-electron chi connectivity index (χ4n) is 5.03. The molecule has 0 spiro atoms. The Bertz CT molecular complexity index is 991. The first-order valence-electron chi connectivity index (χ1n) is 11.3. The lowest BCUT2D eigenvalue weighted by Crippen LogP contribution is -2.21. The van der Waals surface area contributed by atoms with Crippen LogP contribution in [0.4, 0.5) is 5.82 Å². The minimum Gasteiger partial charge on any atom is -0.336 e. The van der Waals surface area contributed by atoms with E-state index in [-0.39, 0.29) is 11.7 Å². The summed E-state index contributed by atoms with van der Waals surface area (Å²) in [5, 5.41) is 21.8. The standard InChI is InChI=1S/C22H31N7OS/c1-14-15(2)28(17-10-6-7-11-17)21(18(14)12-23)25-19(30)13-31-22-27-26-20(29(22)24)16-8-4-3-5-9-16/h16-17H,3-11,13,24H2,1-2H3,(H,25,30). The third kappa shape index (κ3) is 4.31. The van der Waals surface area contributed by atoms with Crippen LogP contribution in [0.2, 0.25) is 0 Å². The highest BCUT2D eigenvalue weighted by atomic mass is 32.2. The predicted molar refractivity (Wildman–Crippen MR) is 121 cm³/mol. The number of nitriles is 1. The van der Waals surface area contributed by atoms with Gasteiger partial charge in [-0.15, -0.1) is 10.2 Å². The summed E-state index contributed by atoms with van der Waals surface area (Å²) in [4.78, 5) is 12.8. The number of nitrogens with one attached hydrogen (secondary N) is 1. The molecular formula is C22H31N7OS. The molecule has 2 aromatic rings. The minimum absolute atomic E-state index is 0.165. The fourth-order valence-corrected chi connectivity index (χ4v) is 5.69. The highest BCUT2D eigenvalue weighted by Crippen LogP contribution is 2.38. The number of rotatable bonds is 6. The third-order valence-corrected chi connectivity index (χ3v) is 7.75. The summed E-state index contributed by atoms with van der Waals surface area (Å²) in [5.74, 6) is 8.04. The number of nitrogens with two attached hydrogens (primary N) is 1. The number of amides is 1. The van der Waals surface area contributed by atoms with Crippen LogP contribution in [-0.4, -0.2) is 31.1 Å². The molecule has 2 saturated carbocycles. The van der Waals surface area contributed by atoms with Gasteiger partial charge in [0.05, 0.1) is 11.3 Å². The smallest absolute Gasteiger partial charge is 0.235 e. The summed E-state index contributed by atoms with van der Waals surface area (Å²) in [5.41, 5.74) is 2.56. The third-order valence-electron chi connectivity index (χ3n) is 6.81. The van der Waals surface area contributed by atoms with E-state index in [1.165, 1.54) is 43.9 Å². The van der Waals surface area contributed by atoms with Crippen LogP contribution in [-0.2, 0) is 4.79 Å². The molecule has 0 aromatic carbocycles. The Morgan fingerprint density at radius 3 is 2.52 bits per heavy atom. The Balaban J connectivity index is 1.46. The van der Waals surface area contributed by atoms with E-state index in [2.05, 4.69) is 26.2 Å². The summed E-state index contributed by atoms with van der Waals surface area (Å²) in [6, 6.07) is 2.63. The molecule has 31 heavy (non-hydrogen) atoms. The van der Waals surface area contributed by atoms with Gasteiger partial charge < -0.3 is 15.7 Å². The largest absolute Gasteiger partial charge is 0.336 e. The van der Waals surface area contributed by atoms with Crippen LogP contribution in [0.3, 0.4) is 0 Å². The molecule has 2 aromatic heterocycles. The Morgan fingerprint density at radius 2 is 1.84 bits per heavy atom. The van der Waals surface area contributed by atoms with Crippen molar-refractivity contribution in [3.8, 4) is 6.07 Å². The number of thioether (sulfide) groups is 1. The maximum absolute atomic E-state index is 12.8. The molecule has 0 bridgehead atoms. The minimum atomic E-state index is -0.166. The monoisotopic (exact) mass is 441 g/mol. The van der Waals surface area contributed by atoms with E-state index in [0.29, 0.717) is 28.5 Å². The van der Waals surface area contributed by atoms with Gasteiger partial charge in [-0.2, -0.15) is 5.26 Å². The van der Waals surface area contributed by atoms with Gasteiger partial charge in [0.2, 0.25) is 11.1 Å². The van der Waals surface area contributed by atoms with E-state index < -0.39 is 0 Å². The van der Waals surface area contributed by atoms with Crippen molar-refractivity contribution < 1.29 is 4.79 Å². The van der Waals surface area contributed by atoms with Gasteiger partial charge in [0.1, 0.15) is 11.9 Å². The molecular weight excluding hydrogens is 410 g/mol. The second-order valence-electron chi connectivity index (χ2n) is 8.74. The van der Waals surface area contributed by atoms with Crippen LogP contribution in [0.1, 0.15) is 92.4 Å². The van der Waals surface area contributed by atoms with E-state index in [9.17, 15) is 10.1 Å². The van der Waals surface area contributed by atoms with Crippen LogP contribution in [0.25, 0.3) is 0 Å². The number of nitrogen functional groups attached to an aromatic ring is 1. The molecule has 0 saturated heterocycles. The van der Waals surface area contributed by atoms with Crippen molar-refractivity contribution in [3.05, 3.63) is 22.6 Å². The highest BCUT2D eigenvalue weighted by molar-refractivity contribution is 7.99. The quantitative estimate of drug-likeness (QED) is 0.513. The summed E-state index contributed by atoms with van der Waals surface area (Å²) < 4.78 is 3.71. The van der Waals surface area contributed by atoms with Gasteiger partial charge in [0.25, 0.3) is 0 Å². The van der Waals surface area contributed by atoms with Gasteiger partial charge in [-0.1, -0.05) is 43.9 Å². The van der Waals surface area contributed by atoms with Crippen LogP contribution < -0.4 is 11.2 Å². The molecule has 2 aliphatic carbocycles. The first kappa shape index (κ1) is 21.8. The maximum atomic E-state index is 12.8. The average Bonchev–Trinajstić information content (AvgIpc) is 3.47. The second-order valence-corrected chi connectivity index (χ2v) is 9.68. The van der Waals surface area contributed by atoms with Crippen molar-refractivity contribution in [1.82, 2.24) is 19.4 Å². The molecule has 0 unspecified atom stereocenters. The van der Waals surface area contributed by atoms with Crippen molar-refractivity contribution >= 4 is 23.5 Å². The van der Waals surface area contributed by atoms with Gasteiger partial charge in [0.15, 0.2) is 5.82 Å². The number of nitrogens with zero attached hydrogens (tertiary/aromatic N) is 5. The summed E-state index contributed by atoms with van der Waals surface area (Å²) in [6.45, 7) is 3.98. The first-order valence-corrected chi connectivity index (χ1v) is 12.2. The summed E-state index contributed by atoms with van der Waals surface area (Å²) >= 11 is 1.28. The van der Waals surface area contributed by atoms with Gasteiger partial charge in [-0.25, -0.2) is 4.68 Å². The number of hydrogen-bond acceptors (Lipinski definition) is 6. The van der Waals surface area contributed by atoms with Crippen LogP contribution >= 0.6 is 11.8 Å². The van der Waals surface area contributed by atoms with E-state index in [1.54, 1.807) is 4.68 Å². The van der Waals surface area contributed by atoms with Crippen molar-refractivity contribution in [2.75, 3.05) is 16.9 Å². The van der Waals surface area contributed by atoms with Crippen LogP contribution in [0.15, 0.2) is 5.16 Å². The van der Waals surface area contributed by atoms with Crippen molar-refractivity contribution in [3.63, 3.8) is 0 Å². The summed E-state index contributed by atoms with van der Waals surface area (Å²) in [6.07, 6.45) is 10.4. The Hall–Kier alpha value is -2.47. The molecule has 9 heteroatoms. The molecule has 8 nitrogen and oxygen atoms in total. The molecule has 2 fully saturated rings. The average molecular weight is 442 g/mol. The van der Waals surface area contributed by atoms with Crippen molar-refractivity contribution in [1.29, 1.82) is 5.26 Å². The number of aromatic nitrogens is 4. The molecule has 1 amide bonds. The van der Waals surface area contributed by atoms with Gasteiger partial charge in [-0.05, 0) is 45.1 Å². The van der Waals surface area contributed by atoms with Crippen LogP contribution in [0, 0.1) is 25.2 Å². The normalized spacial score (nSPS) is 17.7. The number of carbonyl (C=O) groups is 1. The molecule has 3 N–H and O–H groups in total. The fraction of sp³-hybridized carbons (Fsp3) is 0.636. The number of carbonyl (C=O) groups excluding carboxylic acids is 1. The molecule has 0 radical (unpaired) electrons.